The monoisotopic (exact) mass is 431 g/mol. The van der Waals surface area contributed by atoms with Crippen LogP contribution in [0.5, 0.6) is 5.75 Å². The van der Waals surface area contributed by atoms with Crippen molar-refractivity contribution in [1.29, 1.82) is 0 Å². The molecular formula is C21H29N5O5. The van der Waals surface area contributed by atoms with Crippen molar-refractivity contribution in [3.05, 3.63) is 50.7 Å². The van der Waals surface area contributed by atoms with Crippen molar-refractivity contribution in [3.8, 4) is 5.75 Å². The van der Waals surface area contributed by atoms with Crippen molar-refractivity contribution >= 4 is 17.1 Å². The predicted molar refractivity (Wildman–Crippen MR) is 118 cm³/mol. The third-order valence-electron chi connectivity index (χ3n) is 5.11. The van der Waals surface area contributed by atoms with Gasteiger partial charge in [-0.05, 0) is 30.5 Å². The lowest BCUT2D eigenvalue weighted by Crippen LogP contribution is -2.38. The van der Waals surface area contributed by atoms with E-state index in [1.807, 2.05) is 24.3 Å². The summed E-state index contributed by atoms with van der Waals surface area (Å²) in [5.41, 5.74) is 0.590. The van der Waals surface area contributed by atoms with Crippen LogP contribution in [0.25, 0.3) is 11.2 Å². The van der Waals surface area contributed by atoms with Gasteiger partial charge in [0.1, 0.15) is 18.5 Å². The van der Waals surface area contributed by atoms with Crippen LogP contribution in [0.4, 0.5) is 5.95 Å². The molecular weight excluding hydrogens is 402 g/mol. The first-order valence-corrected chi connectivity index (χ1v) is 10.3. The summed E-state index contributed by atoms with van der Waals surface area (Å²) in [7, 11) is 2.94. The van der Waals surface area contributed by atoms with Gasteiger partial charge < -0.3 is 24.8 Å². The highest BCUT2D eigenvalue weighted by molar-refractivity contribution is 5.74. The standard InChI is InChI=1S/C21H29N5O5/c1-4-14-7-5-8-16(11-14)31-13-15(28)12-26-17-18(23-20(26)22-9-6-10-27)24(2)21(30)25(3)19(17)29/h5,7-8,11,15,27-28H,4,6,9-10,12-13H2,1-3H3,(H,22,23). The molecule has 10 nitrogen and oxygen atoms in total. The van der Waals surface area contributed by atoms with Crippen molar-refractivity contribution in [2.24, 2.45) is 14.1 Å². The Balaban J connectivity index is 1.90. The Bertz CT molecular complexity index is 1160. The van der Waals surface area contributed by atoms with Crippen LogP contribution in [0.3, 0.4) is 0 Å². The van der Waals surface area contributed by atoms with Crippen molar-refractivity contribution in [1.82, 2.24) is 18.7 Å². The van der Waals surface area contributed by atoms with Gasteiger partial charge in [-0.15, -0.1) is 0 Å². The van der Waals surface area contributed by atoms with Crippen molar-refractivity contribution in [3.63, 3.8) is 0 Å². The Morgan fingerprint density at radius 2 is 2.00 bits per heavy atom. The van der Waals surface area contributed by atoms with Crippen LogP contribution in [-0.4, -0.2) is 54.8 Å². The second-order valence-corrected chi connectivity index (χ2v) is 7.39. The van der Waals surface area contributed by atoms with Crippen molar-refractivity contribution < 1.29 is 14.9 Å². The smallest absolute Gasteiger partial charge is 0.332 e. The van der Waals surface area contributed by atoms with E-state index in [2.05, 4.69) is 17.2 Å². The van der Waals surface area contributed by atoms with Crippen molar-refractivity contribution in [2.75, 3.05) is 25.1 Å². The van der Waals surface area contributed by atoms with Gasteiger partial charge in [-0.1, -0.05) is 19.1 Å². The van der Waals surface area contributed by atoms with E-state index in [9.17, 15) is 14.7 Å². The molecule has 10 heteroatoms. The molecule has 0 bridgehead atoms. The Hall–Kier alpha value is -3.11. The zero-order valence-electron chi connectivity index (χ0n) is 18.0. The zero-order valence-corrected chi connectivity index (χ0v) is 18.0. The summed E-state index contributed by atoms with van der Waals surface area (Å²) in [5, 5.41) is 22.8. The first-order valence-electron chi connectivity index (χ1n) is 10.3. The van der Waals surface area contributed by atoms with Crippen LogP contribution < -0.4 is 21.3 Å². The minimum atomic E-state index is -0.928. The second-order valence-electron chi connectivity index (χ2n) is 7.39. The highest BCUT2D eigenvalue weighted by Crippen LogP contribution is 2.18. The number of aliphatic hydroxyl groups excluding tert-OH is 2. The number of aromatic nitrogens is 4. The van der Waals surface area contributed by atoms with Gasteiger partial charge in [0.15, 0.2) is 11.2 Å². The van der Waals surface area contributed by atoms with Gasteiger partial charge in [-0.3, -0.25) is 13.9 Å². The summed E-state index contributed by atoms with van der Waals surface area (Å²) in [6.07, 6.45) is 0.439. The zero-order chi connectivity index (χ0) is 22.5. The maximum Gasteiger partial charge on any atom is 0.332 e. The number of rotatable bonds is 10. The van der Waals surface area contributed by atoms with Gasteiger partial charge in [-0.25, -0.2) is 4.79 Å². The van der Waals surface area contributed by atoms with Crippen LogP contribution in [-0.2, 0) is 27.1 Å². The molecule has 0 amide bonds. The Morgan fingerprint density at radius 3 is 2.71 bits per heavy atom. The summed E-state index contributed by atoms with van der Waals surface area (Å²) < 4.78 is 9.60. The average Bonchev–Trinajstić information content (AvgIpc) is 3.13. The summed E-state index contributed by atoms with van der Waals surface area (Å²) >= 11 is 0. The van der Waals surface area contributed by atoms with E-state index in [0.717, 1.165) is 16.6 Å². The number of aryl methyl sites for hydroxylation is 2. The van der Waals surface area contributed by atoms with Crippen LogP contribution in [0.1, 0.15) is 18.9 Å². The lowest BCUT2D eigenvalue weighted by atomic mass is 10.2. The summed E-state index contributed by atoms with van der Waals surface area (Å²) in [6.45, 7) is 2.54. The molecule has 0 saturated heterocycles. The molecule has 31 heavy (non-hydrogen) atoms. The number of anilines is 1. The fourth-order valence-electron chi connectivity index (χ4n) is 3.35. The van der Waals surface area contributed by atoms with Gasteiger partial charge in [0.05, 0.1) is 6.54 Å². The number of ether oxygens (including phenoxy) is 1. The van der Waals surface area contributed by atoms with Crippen LogP contribution in [0, 0.1) is 0 Å². The Kier molecular flexibility index (Phi) is 7.13. The molecule has 1 unspecified atom stereocenters. The first kappa shape index (κ1) is 22.6. The quantitative estimate of drug-likeness (QED) is 0.393. The third kappa shape index (κ3) is 4.80. The van der Waals surface area contributed by atoms with Crippen LogP contribution in [0.2, 0.25) is 0 Å². The largest absolute Gasteiger partial charge is 0.491 e. The molecule has 3 aromatic rings. The lowest BCUT2D eigenvalue weighted by molar-refractivity contribution is 0.0937. The number of hydrogen-bond donors (Lipinski definition) is 3. The van der Waals surface area contributed by atoms with E-state index >= 15 is 0 Å². The fraction of sp³-hybridized carbons (Fsp3) is 0.476. The topological polar surface area (TPSA) is 124 Å². The molecule has 0 spiro atoms. The minimum Gasteiger partial charge on any atom is -0.491 e. The van der Waals surface area contributed by atoms with E-state index in [1.165, 1.54) is 11.6 Å². The number of imidazole rings is 1. The van der Waals surface area contributed by atoms with Crippen LogP contribution >= 0.6 is 0 Å². The predicted octanol–water partition coefficient (Wildman–Crippen LogP) is 0.230. The SMILES string of the molecule is CCc1cccc(OCC(O)Cn2c(NCCCO)nc3c2c(=O)n(C)c(=O)n3C)c1. The molecule has 0 fully saturated rings. The molecule has 2 heterocycles. The first-order chi connectivity index (χ1) is 14.9. The Morgan fingerprint density at radius 1 is 1.23 bits per heavy atom. The number of fused-ring (bicyclic) bond motifs is 1. The number of nitrogens with zero attached hydrogens (tertiary/aromatic N) is 4. The molecule has 0 aliphatic rings. The molecule has 0 aliphatic heterocycles. The molecule has 1 atom stereocenters. The number of hydrogen-bond acceptors (Lipinski definition) is 7. The van der Waals surface area contributed by atoms with Gasteiger partial charge >= 0.3 is 5.69 Å². The Labute approximate surface area is 179 Å². The van der Waals surface area contributed by atoms with Gasteiger partial charge in [-0.2, -0.15) is 4.98 Å². The van der Waals surface area contributed by atoms with E-state index in [4.69, 9.17) is 9.84 Å². The maximum atomic E-state index is 12.8. The fourth-order valence-corrected chi connectivity index (χ4v) is 3.35. The van der Waals surface area contributed by atoms with E-state index in [0.29, 0.717) is 24.7 Å². The summed E-state index contributed by atoms with van der Waals surface area (Å²) in [6, 6.07) is 7.65. The molecule has 0 aliphatic carbocycles. The lowest BCUT2D eigenvalue weighted by Gasteiger charge is -2.16. The molecule has 3 N–H and O–H groups in total. The molecule has 2 aromatic heterocycles. The van der Waals surface area contributed by atoms with Gasteiger partial charge in [0.25, 0.3) is 5.56 Å². The molecule has 3 rings (SSSR count). The number of benzene rings is 1. The normalized spacial score (nSPS) is 12.3. The van der Waals surface area contributed by atoms with Crippen LogP contribution in [0.15, 0.2) is 33.9 Å². The maximum absolute atomic E-state index is 12.8. The van der Waals surface area contributed by atoms with Crippen molar-refractivity contribution in [2.45, 2.75) is 32.4 Å². The molecule has 0 radical (unpaired) electrons. The molecule has 0 saturated carbocycles. The highest BCUT2D eigenvalue weighted by Gasteiger charge is 2.21. The molecule has 1 aromatic carbocycles. The average molecular weight is 431 g/mol. The van der Waals surface area contributed by atoms with E-state index in [1.54, 1.807) is 11.6 Å². The minimum absolute atomic E-state index is 0.000763. The third-order valence-corrected chi connectivity index (χ3v) is 5.11. The van der Waals surface area contributed by atoms with Gasteiger partial charge in [0.2, 0.25) is 5.95 Å². The summed E-state index contributed by atoms with van der Waals surface area (Å²) in [4.78, 5) is 29.5. The second kappa shape index (κ2) is 9.80. The van der Waals surface area contributed by atoms with E-state index < -0.39 is 17.4 Å². The molecule has 168 valence electrons. The summed E-state index contributed by atoms with van der Waals surface area (Å²) in [5.74, 6) is 1.00. The van der Waals surface area contributed by atoms with E-state index in [-0.39, 0.29) is 30.9 Å². The highest BCUT2D eigenvalue weighted by atomic mass is 16.5. The number of aliphatic hydroxyl groups is 2. The number of nitrogens with one attached hydrogen (secondary N) is 1. The van der Waals surface area contributed by atoms with Gasteiger partial charge in [0, 0.05) is 27.2 Å².